The van der Waals surface area contributed by atoms with Crippen LogP contribution in [0.25, 0.3) is 11.5 Å². The Labute approximate surface area is 225 Å². The van der Waals surface area contributed by atoms with Crippen molar-refractivity contribution in [2.24, 2.45) is 5.92 Å². The van der Waals surface area contributed by atoms with Gasteiger partial charge in [0.2, 0.25) is 5.89 Å². The molecule has 1 saturated heterocycles. The van der Waals surface area contributed by atoms with E-state index in [1.165, 1.54) is 26.0 Å². The van der Waals surface area contributed by atoms with Crippen molar-refractivity contribution < 1.29 is 13.2 Å². The number of nitrogens with two attached hydrogens (primary N) is 1. The number of rotatable bonds is 7. The van der Waals surface area contributed by atoms with Crippen molar-refractivity contribution in [3.05, 3.63) is 100 Å². The van der Waals surface area contributed by atoms with Gasteiger partial charge in [0.25, 0.3) is 0 Å². The predicted molar refractivity (Wildman–Crippen MR) is 141 cm³/mol. The Bertz CT molecular complexity index is 1570. The largest absolute Gasteiger partial charge is 0.404 e. The van der Waals surface area contributed by atoms with Gasteiger partial charge in [-0.2, -0.15) is 10.5 Å². The monoisotopic (exact) mass is 524 g/mol. The Balaban J connectivity index is 1.47. The van der Waals surface area contributed by atoms with Crippen LogP contribution in [0.2, 0.25) is 0 Å². The van der Waals surface area contributed by atoms with E-state index >= 15 is 4.39 Å². The zero-order valence-corrected chi connectivity index (χ0v) is 21.5. The minimum absolute atomic E-state index is 0.0668. The summed E-state index contributed by atoms with van der Waals surface area (Å²) >= 11 is 0. The molecule has 3 aromatic carbocycles. The lowest BCUT2D eigenvalue weighted by atomic mass is 9.72. The summed E-state index contributed by atoms with van der Waals surface area (Å²) in [5.41, 5.74) is 7.70. The highest BCUT2D eigenvalue weighted by Gasteiger charge is 2.45. The fourth-order valence-corrected chi connectivity index (χ4v) is 5.60. The summed E-state index contributed by atoms with van der Waals surface area (Å²) in [5.74, 6) is -1.20. The van der Waals surface area contributed by atoms with Crippen LogP contribution in [0, 0.1) is 34.4 Å². The van der Waals surface area contributed by atoms with Gasteiger partial charge in [0.05, 0.1) is 29.3 Å². The van der Waals surface area contributed by atoms with E-state index in [0.717, 1.165) is 11.1 Å². The van der Waals surface area contributed by atoms with Crippen LogP contribution in [-0.2, 0) is 0 Å². The molecule has 2 atom stereocenters. The van der Waals surface area contributed by atoms with E-state index in [1.807, 2.05) is 30.3 Å². The van der Waals surface area contributed by atoms with E-state index in [0.29, 0.717) is 35.3 Å². The van der Waals surface area contributed by atoms with Gasteiger partial charge in [-0.3, -0.25) is 4.90 Å². The molecular weight excluding hydrogens is 498 g/mol. The standard InChI is InChI=1S/C30H26F2N6O/c1-30(2,32)26(22-11-23(13-25(31)12-22)28-36-37-29(35)39-28)24-16-38(17-24)27(20-8-6-18(14-33)7-9-20)21-5-3-4-19(10-21)15-34/h3-13,24,26-27H,16-17H2,1-2H3,(H2,35,37)/t26-,27+/m1/s1. The summed E-state index contributed by atoms with van der Waals surface area (Å²) in [7, 11) is 0. The molecule has 196 valence electrons. The highest BCUT2D eigenvalue weighted by Crippen LogP contribution is 2.46. The van der Waals surface area contributed by atoms with Crippen LogP contribution in [-0.4, -0.2) is 33.9 Å². The summed E-state index contributed by atoms with van der Waals surface area (Å²) in [4.78, 5) is 2.21. The second-order valence-corrected chi connectivity index (χ2v) is 10.3. The van der Waals surface area contributed by atoms with Crippen molar-refractivity contribution in [1.29, 1.82) is 10.5 Å². The first-order valence-corrected chi connectivity index (χ1v) is 12.5. The van der Waals surface area contributed by atoms with Gasteiger partial charge >= 0.3 is 6.01 Å². The first-order valence-electron chi connectivity index (χ1n) is 12.5. The molecule has 9 heteroatoms. The Morgan fingerprint density at radius 3 is 2.28 bits per heavy atom. The summed E-state index contributed by atoms with van der Waals surface area (Å²) in [6.45, 7) is 4.09. The van der Waals surface area contributed by atoms with Gasteiger partial charge in [-0.25, -0.2) is 8.78 Å². The topological polar surface area (TPSA) is 116 Å². The van der Waals surface area contributed by atoms with Crippen LogP contribution in [0.1, 0.15) is 53.6 Å². The number of nitrogen functional groups attached to an aromatic ring is 1. The molecular formula is C30H26F2N6O. The maximum Gasteiger partial charge on any atom is 0.313 e. The minimum atomic E-state index is -1.65. The molecule has 0 amide bonds. The van der Waals surface area contributed by atoms with Gasteiger partial charge < -0.3 is 10.2 Å². The van der Waals surface area contributed by atoms with E-state index in [-0.39, 0.29) is 23.9 Å². The molecule has 0 unspecified atom stereocenters. The fourth-order valence-electron chi connectivity index (χ4n) is 5.60. The summed E-state index contributed by atoms with van der Waals surface area (Å²) in [5, 5.41) is 26.2. The molecule has 2 heterocycles. The van der Waals surface area contributed by atoms with Crippen LogP contribution in [0.5, 0.6) is 0 Å². The van der Waals surface area contributed by atoms with Crippen LogP contribution in [0.4, 0.5) is 14.8 Å². The first kappa shape index (κ1) is 26.0. The van der Waals surface area contributed by atoms with E-state index in [4.69, 9.17) is 10.2 Å². The summed E-state index contributed by atoms with van der Waals surface area (Å²) in [6.07, 6.45) is 0. The van der Waals surface area contributed by atoms with E-state index in [2.05, 4.69) is 27.2 Å². The second kappa shape index (κ2) is 10.3. The molecule has 0 aliphatic carbocycles. The molecule has 0 bridgehead atoms. The molecule has 1 aromatic heterocycles. The van der Waals surface area contributed by atoms with Crippen molar-refractivity contribution in [3.63, 3.8) is 0 Å². The molecule has 4 aromatic rings. The highest BCUT2D eigenvalue weighted by molar-refractivity contribution is 5.56. The average molecular weight is 525 g/mol. The van der Waals surface area contributed by atoms with Gasteiger partial charge in [0.1, 0.15) is 11.5 Å². The van der Waals surface area contributed by atoms with Crippen LogP contribution in [0.15, 0.2) is 71.1 Å². The Kier molecular flexibility index (Phi) is 6.86. The molecule has 7 nitrogen and oxygen atoms in total. The van der Waals surface area contributed by atoms with E-state index in [1.54, 1.807) is 24.3 Å². The molecule has 2 N–H and O–H groups in total. The normalized spacial score (nSPS) is 15.6. The van der Waals surface area contributed by atoms with E-state index in [9.17, 15) is 14.9 Å². The number of hydrogen-bond acceptors (Lipinski definition) is 7. The zero-order chi connectivity index (χ0) is 27.7. The Hall–Kier alpha value is -4.60. The molecule has 1 aliphatic rings. The van der Waals surface area contributed by atoms with Crippen molar-refractivity contribution in [1.82, 2.24) is 15.1 Å². The number of benzene rings is 3. The number of hydrogen-bond donors (Lipinski definition) is 1. The quantitative estimate of drug-likeness (QED) is 0.327. The lowest BCUT2D eigenvalue weighted by Crippen LogP contribution is -2.53. The first-order chi connectivity index (χ1) is 18.7. The number of alkyl halides is 1. The van der Waals surface area contributed by atoms with Gasteiger partial charge in [-0.1, -0.05) is 29.4 Å². The lowest BCUT2D eigenvalue weighted by molar-refractivity contribution is 0.00814. The Morgan fingerprint density at radius 2 is 1.67 bits per heavy atom. The average Bonchev–Trinajstić information content (AvgIpc) is 3.33. The smallest absolute Gasteiger partial charge is 0.313 e. The third kappa shape index (κ3) is 5.36. The zero-order valence-electron chi connectivity index (χ0n) is 21.5. The molecule has 1 aliphatic heterocycles. The summed E-state index contributed by atoms with van der Waals surface area (Å²) in [6, 6.07) is 23.0. The van der Waals surface area contributed by atoms with Crippen molar-refractivity contribution in [2.45, 2.75) is 31.5 Å². The number of likely N-dealkylation sites (tertiary alicyclic amines) is 1. The molecule has 0 radical (unpaired) electrons. The van der Waals surface area contributed by atoms with Gasteiger partial charge in [0.15, 0.2) is 0 Å². The van der Waals surface area contributed by atoms with Crippen LogP contribution >= 0.6 is 0 Å². The maximum absolute atomic E-state index is 15.8. The SMILES string of the molecule is CC(C)(F)[C@H](c1cc(F)cc(-c2nnc(N)o2)c1)C1CN([C@@H](c2ccc(C#N)cc2)c2cccc(C#N)c2)C1. The van der Waals surface area contributed by atoms with Crippen molar-refractivity contribution >= 4 is 6.01 Å². The van der Waals surface area contributed by atoms with Crippen molar-refractivity contribution in [3.8, 4) is 23.6 Å². The Morgan fingerprint density at radius 1 is 0.949 bits per heavy atom. The van der Waals surface area contributed by atoms with Crippen LogP contribution in [0.3, 0.4) is 0 Å². The fraction of sp³-hybridized carbons (Fsp3) is 0.267. The molecule has 0 spiro atoms. The lowest BCUT2D eigenvalue weighted by Gasteiger charge is -2.50. The number of nitrogens with zero attached hydrogens (tertiary/aromatic N) is 5. The van der Waals surface area contributed by atoms with Crippen LogP contribution < -0.4 is 5.73 Å². The third-order valence-electron chi connectivity index (χ3n) is 7.17. The van der Waals surface area contributed by atoms with Gasteiger partial charge in [0, 0.05) is 24.6 Å². The van der Waals surface area contributed by atoms with Gasteiger partial charge in [-0.15, -0.1) is 5.10 Å². The molecule has 39 heavy (non-hydrogen) atoms. The summed E-state index contributed by atoms with van der Waals surface area (Å²) < 4.78 is 35.8. The number of halogens is 2. The number of aromatic nitrogens is 2. The minimum Gasteiger partial charge on any atom is -0.404 e. The highest BCUT2D eigenvalue weighted by atomic mass is 19.1. The molecule has 5 rings (SSSR count). The van der Waals surface area contributed by atoms with E-state index < -0.39 is 17.4 Å². The van der Waals surface area contributed by atoms with Crippen molar-refractivity contribution in [2.75, 3.05) is 18.8 Å². The third-order valence-corrected chi connectivity index (χ3v) is 7.17. The molecule has 0 saturated carbocycles. The molecule has 1 fully saturated rings. The maximum atomic E-state index is 15.8. The van der Waals surface area contributed by atoms with Gasteiger partial charge in [-0.05, 0) is 78.9 Å². The predicted octanol–water partition coefficient (Wildman–Crippen LogP) is 5.75. The number of anilines is 1. The number of nitriles is 2. The second-order valence-electron chi connectivity index (χ2n) is 10.3.